The van der Waals surface area contributed by atoms with Crippen molar-refractivity contribution in [3.8, 4) is 5.75 Å². The van der Waals surface area contributed by atoms with Gasteiger partial charge >= 0.3 is 0 Å². The number of rotatable bonds is 10. The number of hydrogen-bond donors (Lipinski definition) is 1. The van der Waals surface area contributed by atoms with E-state index >= 15 is 0 Å². The monoisotopic (exact) mass is 587 g/mol. The van der Waals surface area contributed by atoms with Crippen LogP contribution < -0.4 is 14.4 Å². The molecule has 2 amide bonds. The Morgan fingerprint density at radius 2 is 1.68 bits per heavy atom. The standard InChI is InChI=1S/C27H30BrN3O5S/c1-19-8-10-23(11-9-19)31(37(34,35)25-14-12-24(36-4)13-15-25)18-26(32)30(20(2)27(33)29-3)17-21-6-5-7-22(28)16-21/h5-16,20H,17-18H2,1-4H3,(H,29,33)/t20-/m0/s1. The van der Waals surface area contributed by atoms with E-state index in [0.29, 0.717) is 11.4 Å². The average molecular weight is 589 g/mol. The van der Waals surface area contributed by atoms with Crippen molar-refractivity contribution in [1.82, 2.24) is 10.2 Å². The van der Waals surface area contributed by atoms with Crippen molar-refractivity contribution in [2.24, 2.45) is 0 Å². The van der Waals surface area contributed by atoms with Gasteiger partial charge in [0.2, 0.25) is 11.8 Å². The van der Waals surface area contributed by atoms with E-state index in [9.17, 15) is 18.0 Å². The number of ether oxygens (including phenoxy) is 1. The molecule has 0 fully saturated rings. The minimum atomic E-state index is -4.13. The Balaban J connectivity index is 2.02. The number of amides is 2. The maximum absolute atomic E-state index is 13.8. The van der Waals surface area contributed by atoms with Crippen LogP contribution in [-0.4, -0.2) is 51.9 Å². The molecule has 0 heterocycles. The summed E-state index contributed by atoms with van der Waals surface area (Å²) in [5, 5.41) is 2.57. The first-order valence-corrected chi connectivity index (χ1v) is 13.8. The smallest absolute Gasteiger partial charge is 0.264 e. The van der Waals surface area contributed by atoms with Crippen LogP contribution in [-0.2, 0) is 26.2 Å². The summed E-state index contributed by atoms with van der Waals surface area (Å²) in [6.07, 6.45) is 0. The van der Waals surface area contributed by atoms with Gasteiger partial charge in [0, 0.05) is 18.1 Å². The predicted molar refractivity (Wildman–Crippen MR) is 147 cm³/mol. The highest BCUT2D eigenvalue weighted by Crippen LogP contribution is 2.26. The third kappa shape index (κ3) is 6.90. The summed E-state index contributed by atoms with van der Waals surface area (Å²) in [5.41, 5.74) is 2.07. The number of carbonyl (C=O) groups is 2. The first-order valence-electron chi connectivity index (χ1n) is 11.6. The predicted octanol–water partition coefficient (Wildman–Crippen LogP) is 4.12. The van der Waals surface area contributed by atoms with Gasteiger partial charge in [-0.05, 0) is 67.9 Å². The van der Waals surface area contributed by atoms with Crippen molar-refractivity contribution in [3.05, 3.63) is 88.4 Å². The molecule has 37 heavy (non-hydrogen) atoms. The minimum Gasteiger partial charge on any atom is -0.497 e. The normalized spacial score (nSPS) is 11.9. The van der Waals surface area contributed by atoms with Gasteiger partial charge in [-0.1, -0.05) is 45.8 Å². The highest BCUT2D eigenvalue weighted by molar-refractivity contribution is 9.10. The van der Waals surface area contributed by atoms with Gasteiger partial charge in [-0.25, -0.2) is 8.42 Å². The molecule has 0 aliphatic rings. The second-order valence-corrected chi connectivity index (χ2v) is 11.2. The van der Waals surface area contributed by atoms with Gasteiger partial charge in [0.25, 0.3) is 10.0 Å². The molecule has 0 unspecified atom stereocenters. The van der Waals surface area contributed by atoms with Crippen molar-refractivity contribution in [2.75, 3.05) is 25.0 Å². The van der Waals surface area contributed by atoms with E-state index in [4.69, 9.17) is 4.74 Å². The van der Waals surface area contributed by atoms with Crippen molar-refractivity contribution in [3.63, 3.8) is 0 Å². The third-order valence-electron chi connectivity index (χ3n) is 5.90. The van der Waals surface area contributed by atoms with Crippen molar-refractivity contribution >= 4 is 43.5 Å². The lowest BCUT2D eigenvalue weighted by atomic mass is 10.1. The Bertz CT molecular complexity index is 1350. The summed E-state index contributed by atoms with van der Waals surface area (Å²) in [6, 6.07) is 19.4. The molecule has 0 spiro atoms. The van der Waals surface area contributed by atoms with Gasteiger partial charge in [-0.15, -0.1) is 0 Å². The van der Waals surface area contributed by atoms with Crippen LogP contribution in [0.2, 0.25) is 0 Å². The second-order valence-electron chi connectivity index (χ2n) is 8.46. The number of aryl methyl sites for hydroxylation is 1. The summed E-state index contributed by atoms with van der Waals surface area (Å²) >= 11 is 3.43. The fourth-order valence-corrected chi connectivity index (χ4v) is 5.60. The summed E-state index contributed by atoms with van der Waals surface area (Å²) < 4.78 is 34.6. The van der Waals surface area contributed by atoms with Gasteiger partial charge in [-0.2, -0.15) is 0 Å². The van der Waals surface area contributed by atoms with E-state index < -0.39 is 28.5 Å². The maximum Gasteiger partial charge on any atom is 0.264 e. The van der Waals surface area contributed by atoms with E-state index in [1.54, 1.807) is 43.3 Å². The van der Waals surface area contributed by atoms with Gasteiger partial charge < -0.3 is 15.0 Å². The molecular weight excluding hydrogens is 558 g/mol. The van der Waals surface area contributed by atoms with E-state index in [1.807, 2.05) is 31.2 Å². The molecule has 3 aromatic carbocycles. The molecule has 3 aromatic rings. The van der Waals surface area contributed by atoms with Gasteiger partial charge in [0.1, 0.15) is 18.3 Å². The fourth-order valence-electron chi connectivity index (χ4n) is 3.74. The fraction of sp³-hybridized carbons (Fsp3) is 0.259. The summed E-state index contributed by atoms with van der Waals surface area (Å²) in [5.74, 6) is -0.367. The summed E-state index contributed by atoms with van der Waals surface area (Å²) in [6.45, 7) is 3.13. The van der Waals surface area contributed by atoms with Crippen LogP contribution in [0.5, 0.6) is 5.75 Å². The van der Waals surface area contributed by atoms with Gasteiger partial charge in [-0.3, -0.25) is 13.9 Å². The average Bonchev–Trinajstić information content (AvgIpc) is 2.90. The van der Waals surface area contributed by atoms with Crippen molar-refractivity contribution in [1.29, 1.82) is 0 Å². The number of carbonyl (C=O) groups excluding carboxylic acids is 2. The molecule has 8 nitrogen and oxygen atoms in total. The van der Waals surface area contributed by atoms with Crippen LogP contribution in [0, 0.1) is 6.92 Å². The lowest BCUT2D eigenvalue weighted by Gasteiger charge is -2.31. The molecule has 1 atom stereocenters. The lowest BCUT2D eigenvalue weighted by Crippen LogP contribution is -2.50. The number of methoxy groups -OCH3 is 1. The molecule has 0 bridgehead atoms. The number of anilines is 1. The zero-order valence-electron chi connectivity index (χ0n) is 21.1. The molecule has 0 aromatic heterocycles. The highest BCUT2D eigenvalue weighted by Gasteiger charge is 2.32. The molecule has 10 heteroatoms. The molecule has 0 aliphatic carbocycles. The number of likely N-dealkylation sites (N-methyl/N-ethyl adjacent to an activating group) is 1. The molecule has 3 rings (SSSR count). The highest BCUT2D eigenvalue weighted by atomic mass is 79.9. The number of sulfonamides is 1. The lowest BCUT2D eigenvalue weighted by molar-refractivity contribution is -0.139. The third-order valence-corrected chi connectivity index (χ3v) is 8.19. The Kier molecular flexibility index (Phi) is 9.34. The van der Waals surface area contributed by atoms with Crippen LogP contribution >= 0.6 is 15.9 Å². The molecule has 0 saturated heterocycles. The number of nitrogens with one attached hydrogen (secondary N) is 1. The van der Waals surface area contributed by atoms with Gasteiger partial charge in [0.15, 0.2) is 0 Å². The van der Waals surface area contributed by atoms with E-state index in [1.165, 1.54) is 31.2 Å². The van der Waals surface area contributed by atoms with Crippen molar-refractivity contribution in [2.45, 2.75) is 31.3 Å². The molecule has 0 aliphatic heterocycles. The van der Waals surface area contributed by atoms with Crippen LogP contribution in [0.25, 0.3) is 0 Å². The summed E-state index contributed by atoms with van der Waals surface area (Å²) in [7, 11) is -1.14. The minimum absolute atomic E-state index is 0.0135. The number of halogens is 1. The molecular formula is C27H30BrN3O5S. The molecule has 0 radical (unpaired) electrons. The zero-order valence-corrected chi connectivity index (χ0v) is 23.5. The molecule has 1 N–H and O–H groups in total. The number of hydrogen-bond acceptors (Lipinski definition) is 5. The first kappa shape index (κ1) is 28.2. The SMILES string of the molecule is CNC(=O)[C@H](C)N(Cc1cccc(Br)c1)C(=O)CN(c1ccc(C)cc1)S(=O)(=O)c1ccc(OC)cc1. The van der Waals surface area contributed by atoms with Crippen LogP contribution in [0.3, 0.4) is 0 Å². The number of benzene rings is 3. The van der Waals surface area contributed by atoms with E-state index in [-0.39, 0.29) is 17.3 Å². The Labute approximate surface area is 226 Å². The quantitative estimate of drug-likeness (QED) is 0.385. The number of nitrogens with zero attached hydrogens (tertiary/aromatic N) is 2. The Morgan fingerprint density at radius 3 is 2.24 bits per heavy atom. The van der Waals surface area contributed by atoms with E-state index in [0.717, 1.165) is 19.9 Å². The first-order chi connectivity index (χ1) is 17.6. The second kappa shape index (κ2) is 12.2. The van der Waals surface area contributed by atoms with Crippen LogP contribution in [0.4, 0.5) is 5.69 Å². The van der Waals surface area contributed by atoms with Crippen LogP contribution in [0.1, 0.15) is 18.1 Å². The maximum atomic E-state index is 13.8. The molecule has 0 saturated carbocycles. The Hall–Kier alpha value is -3.37. The van der Waals surface area contributed by atoms with E-state index in [2.05, 4.69) is 21.2 Å². The van der Waals surface area contributed by atoms with Crippen molar-refractivity contribution < 1.29 is 22.7 Å². The molecule has 196 valence electrons. The topological polar surface area (TPSA) is 96.0 Å². The zero-order chi connectivity index (χ0) is 27.2. The summed E-state index contributed by atoms with van der Waals surface area (Å²) in [4.78, 5) is 27.7. The largest absolute Gasteiger partial charge is 0.497 e. The van der Waals surface area contributed by atoms with Crippen LogP contribution in [0.15, 0.2) is 82.2 Å². The Morgan fingerprint density at radius 1 is 1.03 bits per heavy atom. The van der Waals surface area contributed by atoms with Gasteiger partial charge in [0.05, 0.1) is 17.7 Å².